The highest BCUT2D eigenvalue weighted by atomic mass is 19.1. The van der Waals surface area contributed by atoms with Crippen LogP contribution < -0.4 is 10.6 Å². The van der Waals surface area contributed by atoms with E-state index in [0.29, 0.717) is 30.3 Å². The molecule has 2 aliphatic rings. The van der Waals surface area contributed by atoms with Crippen LogP contribution in [0.2, 0.25) is 0 Å². The number of nitriles is 1. The summed E-state index contributed by atoms with van der Waals surface area (Å²) >= 11 is 0. The minimum Gasteiger partial charge on any atom is -0.375 e. The second-order valence-electron chi connectivity index (χ2n) is 9.13. The fourth-order valence-electron chi connectivity index (χ4n) is 4.84. The first kappa shape index (κ1) is 24.1. The number of benzene rings is 2. The van der Waals surface area contributed by atoms with Crippen LogP contribution in [-0.2, 0) is 11.2 Å². The van der Waals surface area contributed by atoms with Crippen LogP contribution in [0.4, 0.5) is 19.3 Å². The number of amides is 2. The van der Waals surface area contributed by atoms with Gasteiger partial charge in [-0.1, -0.05) is 12.1 Å². The highest BCUT2D eigenvalue weighted by Crippen LogP contribution is 2.24. The number of halogens is 2. The molecule has 0 saturated carbocycles. The Morgan fingerprint density at radius 2 is 1.91 bits per heavy atom. The van der Waals surface area contributed by atoms with E-state index in [1.165, 1.54) is 12.1 Å². The summed E-state index contributed by atoms with van der Waals surface area (Å²) in [6.07, 6.45) is 1.62. The summed E-state index contributed by atoms with van der Waals surface area (Å²) in [5.41, 5.74) is 2.14. The van der Waals surface area contributed by atoms with E-state index in [-0.39, 0.29) is 12.2 Å². The molecule has 0 aliphatic carbocycles. The fourth-order valence-corrected chi connectivity index (χ4v) is 4.84. The first-order valence-corrected chi connectivity index (χ1v) is 11.8. The van der Waals surface area contributed by atoms with Gasteiger partial charge in [0.2, 0.25) is 0 Å². The number of hydrogen-bond acceptors (Lipinski definition) is 4. The second-order valence-corrected chi connectivity index (χ2v) is 9.13. The zero-order valence-electron chi connectivity index (χ0n) is 19.1. The first-order chi connectivity index (χ1) is 16.5. The lowest BCUT2D eigenvalue weighted by molar-refractivity contribution is -0.0599. The van der Waals surface area contributed by atoms with Crippen molar-refractivity contribution < 1.29 is 18.3 Å². The van der Waals surface area contributed by atoms with E-state index in [0.717, 1.165) is 37.9 Å². The van der Waals surface area contributed by atoms with Gasteiger partial charge in [0.05, 0.1) is 23.8 Å². The van der Waals surface area contributed by atoms with Crippen molar-refractivity contribution >= 4 is 11.7 Å². The molecule has 2 heterocycles. The standard InChI is InChI=1S/C26H30F2N4O2/c27-21-7-3-18(4-8-21)14-20-2-1-12-32(16-20)17-24-25(23(28)11-13-34-24)31-26(33)30-22-9-5-19(15-29)6-10-22/h3-10,20,23-25H,1-2,11-14,16-17H2,(H2,30,31,33). The lowest BCUT2D eigenvalue weighted by Crippen LogP contribution is -2.58. The molecule has 0 spiro atoms. The number of carbonyl (C=O) groups is 1. The SMILES string of the molecule is N#Cc1ccc(NC(=O)NC2C(F)CCOC2CN2CCCC(Cc3ccc(F)cc3)C2)cc1. The van der Waals surface area contributed by atoms with Gasteiger partial charge in [-0.15, -0.1) is 0 Å². The van der Waals surface area contributed by atoms with Crippen molar-refractivity contribution in [2.75, 3.05) is 31.6 Å². The van der Waals surface area contributed by atoms with Crippen molar-refractivity contribution in [3.05, 3.63) is 65.5 Å². The number of likely N-dealkylation sites (tertiary alicyclic amines) is 1. The van der Waals surface area contributed by atoms with Crippen LogP contribution in [0.3, 0.4) is 0 Å². The van der Waals surface area contributed by atoms with Crippen LogP contribution in [0.1, 0.15) is 30.4 Å². The highest BCUT2D eigenvalue weighted by molar-refractivity contribution is 5.89. The Balaban J connectivity index is 1.33. The Bertz CT molecular complexity index is 993. The minimum atomic E-state index is -1.19. The summed E-state index contributed by atoms with van der Waals surface area (Å²) in [6, 6.07) is 13.9. The van der Waals surface area contributed by atoms with E-state index in [1.807, 2.05) is 18.2 Å². The largest absolute Gasteiger partial charge is 0.375 e. The van der Waals surface area contributed by atoms with Crippen LogP contribution in [0.15, 0.2) is 48.5 Å². The molecule has 4 atom stereocenters. The molecular formula is C26H30F2N4O2. The predicted octanol–water partition coefficient (Wildman–Crippen LogP) is 4.27. The molecule has 34 heavy (non-hydrogen) atoms. The molecule has 0 bridgehead atoms. The number of piperidine rings is 1. The van der Waals surface area contributed by atoms with E-state index in [9.17, 15) is 13.6 Å². The Labute approximate surface area is 198 Å². The van der Waals surface area contributed by atoms with Crippen LogP contribution in [0.5, 0.6) is 0 Å². The Hall–Kier alpha value is -3.02. The van der Waals surface area contributed by atoms with Gasteiger partial charge < -0.3 is 20.3 Å². The molecule has 0 aromatic heterocycles. The predicted molar refractivity (Wildman–Crippen MR) is 126 cm³/mol. The van der Waals surface area contributed by atoms with Crippen LogP contribution in [0.25, 0.3) is 0 Å². The van der Waals surface area contributed by atoms with Crippen molar-refractivity contribution in [3.8, 4) is 6.07 Å². The maximum atomic E-state index is 14.8. The van der Waals surface area contributed by atoms with E-state index in [1.54, 1.807) is 24.3 Å². The van der Waals surface area contributed by atoms with Crippen molar-refractivity contribution in [2.24, 2.45) is 5.92 Å². The average molecular weight is 469 g/mol. The van der Waals surface area contributed by atoms with Gasteiger partial charge in [-0.3, -0.25) is 0 Å². The third kappa shape index (κ3) is 6.52. The smallest absolute Gasteiger partial charge is 0.319 e. The Morgan fingerprint density at radius 3 is 2.65 bits per heavy atom. The van der Waals surface area contributed by atoms with E-state index < -0.39 is 24.3 Å². The number of anilines is 1. The molecule has 2 aromatic rings. The third-order valence-corrected chi connectivity index (χ3v) is 6.56. The molecule has 180 valence electrons. The molecule has 4 unspecified atom stereocenters. The van der Waals surface area contributed by atoms with E-state index >= 15 is 0 Å². The topological polar surface area (TPSA) is 77.4 Å². The molecule has 2 fully saturated rings. The maximum absolute atomic E-state index is 14.8. The van der Waals surface area contributed by atoms with E-state index in [4.69, 9.17) is 10.00 Å². The number of nitrogens with zero attached hydrogens (tertiary/aromatic N) is 2. The summed E-state index contributed by atoms with van der Waals surface area (Å²) in [7, 11) is 0. The molecule has 2 amide bonds. The van der Waals surface area contributed by atoms with Crippen molar-refractivity contribution in [1.82, 2.24) is 10.2 Å². The lowest BCUT2D eigenvalue weighted by Gasteiger charge is -2.40. The van der Waals surface area contributed by atoms with Gasteiger partial charge in [-0.05, 0) is 73.7 Å². The molecule has 8 heteroatoms. The third-order valence-electron chi connectivity index (χ3n) is 6.56. The Kier molecular flexibility index (Phi) is 8.09. The monoisotopic (exact) mass is 468 g/mol. The summed E-state index contributed by atoms with van der Waals surface area (Å²) in [5, 5.41) is 14.4. The molecule has 2 aromatic carbocycles. The summed E-state index contributed by atoms with van der Waals surface area (Å²) in [4.78, 5) is 14.8. The molecular weight excluding hydrogens is 438 g/mol. The molecule has 2 saturated heterocycles. The molecule has 4 rings (SSSR count). The summed E-state index contributed by atoms with van der Waals surface area (Å²) in [5.74, 6) is 0.209. The number of rotatable bonds is 6. The van der Waals surface area contributed by atoms with Gasteiger partial charge in [0.15, 0.2) is 0 Å². The Morgan fingerprint density at radius 1 is 1.15 bits per heavy atom. The molecule has 2 aliphatic heterocycles. The molecule has 2 N–H and O–H groups in total. The maximum Gasteiger partial charge on any atom is 0.319 e. The normalized spacial score (nSPS) is 25.3. The number of alkyl halides is 1. The summed E-state index contributed by atoms with van der Waals surface area (Å²) < 4.78 is 33.9. The number of carbonyl (C=O) groups excluding carboxylic acids is 1. The average Bonchev–Trinajstić information content (AvgIpc) is 2.83. The minimum absolute atomic E-state index is 0.231. The van der Waals surface area contributed by atoms with E-state index in [2.05, 4.69) is 15.5 Å². The second kappa shape index (κ2) is 11.4. The number of ether oxygens (including phenoxy) is 1. The zero-order valence-corrected chi connectivity index (χ0v) is 19.1. The zero-order chi connectivity index (χ0) is 23.9. The summed E-state index contributed by atoms with van der Waals surface area (Å²) in [6.45, 7) is 2.63. The van der Waals surface area contributed by atoms with Gasteiger partial charge in [0, 0.05) is 31.8 Å². The van der Waals surface area contributed by atoms with Crippen LogP contribution >= 0.6 is 0 Å². The quantitative estimate of drug-likeness (QED) is 0.664. The van der Waals surface area contributed by atoms with Crippen LogP contribution in [0, 0.1) is 23.1 Å². The van der Waals surface area contributed by atoms with Crippen LogP contribution in [-0.4, -0.2) is 55.5 Å². The number of urea groups is 1. The van der Waals surface area contributed by atoms with Gasteiger partial charge in [0.25, 0.3) is 0 Å². The molecule has 6 nitrogen and oxygen atoms in total. The van der Waals surface area contributed by atoms with Gasteiger partial charge in [-0.2, -0.15) is 5.26 Å². The van der Waals surface area contributed by atoms with Gasteiger partial charge >= 0.3 is 6.03 Å². The lowest BCUT2D eigenvalue weighted by atomic mass is 9.90. The first-order valence-electron chi connectivity index (χ1n) is 11.8. The van der Waals surface area contributed by atoms with Gasteiger partial charge in [-0.25, -0.2) is 13.6 Å². The number of nitrogens with one attached hydrogen (secondary N) is 2. The van der Waals surface area contributed by atoms with Gasteiger partial charge in [0.1, 0.15) is 12.0 Å². The van der Waals surface area contributed by atoms with Crippen molar-refractivity contribution in [1.29, 1.82) is 5.26 Å². The number of hydrogen-bond donors (Lipinski definition) is 2. The fraction of sp³-hybridized carbons (Fsp3) is 0.462. The van der Waals surface area contributed by atoms with Crippen molar-refractivity contribution in [3.63, 3.8) is 0 Å². The highest BCUT2D eigenvalue weighted by Gasteiger charge is 2.37. The molecule has 0 radical (unpaired) electrons. The van der Waals surface area contributed by atoms with Crippen molar-refractivity contribution in [2.45, 2.75) is 44.0 Å².